The zero-order chi connectivity index (χ0) is 13.1. The Morgan fingerprint density at radius 1 is 1.59 bits per heavy atom. The number of carbonyl (C=O) groups is 1. The molecule has 0 aromatic carbocycles. The Balaban J connectivity index is 3.03. The number of nitrogens with zero attached hydrogens (tertiary/aromatic N) is 1. The van der Waals surface area contributed by atoms with Crippen molar-refractivity contribution in [3.8, 4) is 0 Å². The maximum atomic E-state index is 13.1. The van der Waals surface area contributed by atoms with Crippen LogP contribution < -0.4 is 5.32 Å². The van der Waals surface area contributed by atoms with Crippen LogP contribution in [-0.4, -0.2) is 22.6 Å². The van der Waals surface area contributed by atoms with Crippen LogP contribution in [0.15, 0.2) is 18.5 Å². The van der Waals surface area contributed by atoms with Gasteiger partial charge < -0.3 is 5.11 Å². The largest absolute Gasteiger partial charge is 0.480 e. The molecule has 1 aromatic heterocycles. The van der Waals surface area contributed by atoms with Gasteiger partial charge in [-0.15, -0.1) is 0 Å². The highest BCUT2D eigenvalue weighted by atomic mass is 19.1. The van der Waals surface area contributed by atoms with Crippen LogP contribution in [0.4, 0.5) is 4.39 Å². The second-order valence-electron chi connectivity index (χ2n) is 4.60. The van der Waals surface area contributed by atoms with Crippen LogP contribution in [0.1, 0.15) is 26.3 Å². The van der Waals surface area contributed by atoms with Crippen molar-refractivity contribution in [3.05, 3.63) is 29.8 Å². The lowest BCUT2D eigenvalue weighted by Gasteiger charge is -2.27. The second kappa shape index (κ2) is 5.23. The summed E-state index contributed by atoms with van der Waals surface area (Å²) in [5, 5.41) is 12.2. The van der Waals surface area contributed by atoms with Gasteiger partial charge in [-0.2, -0.15) is 0 Å². The highest BCUT2D eigenvalue weighted by Gasteiger charge is 2.35. The molecule has 1 aromatic rings. The molecule has 2 N–H and O–H groups in total. The lowest BCUT2D eigenvalue weighted by Crippen LogP contribution is -2.48. The Kier molecular flexibility index (Phi) is 4.17. The SMILES string of the molecule is CC(C)CNC(C)(C(=O)O)c1cncc(F)c1. The minimum absolute atomic E-state index is 0.301. The van der Waals surface area contributed by atoms with E-state index in [1.807, 2.05) is 13.8 Å². The van der Waals surface area contributed by atoms with Crippen molar-refractivity contribution in [3.63, 3.8) is 0 Å². The Morgan fingerprint density at radius 3 is 2.71 bits per heavy atom. The lowest BCUT2D eigenvalue weighted by atomic mass is 9.93. The minimum Gasteiger partial charge on any atom is -0.480 e. The number of hydrogen-bond donors (Lipinski definition) is 2. The summed E-state index contributed by atoms with van der Waals surface area (Å²) in [4.78, 5) is 15.0. The van der Waals surface area contributed by atoms with Gasteiger partial charge in [-0.05, 0) is 25.5 Å². The summed E-state index contributed by atoms with van der Waals surface area (Å²) in [6.45, 7) is 5.98. The quantitative estimate of drug-likeness (QED) is 0.823. The van der Waals surface area contributed by atoms with Gasteiger partial charge in [0.25, 0.3) is 0 Å². The number of nitrogens with one attached hydrogen (secondary N) is 1. The first-order chi connectivity index (χ1) is 7.86. The number of rotatable bonds is 5. The van der Waals surface area contributed by atoms with E-state index in [0.29, 0.717) is 18.0 Å². The van der Waals surface area contributed by atoms with E-state index in [9.17, 15) is 14.3 Å². The average Bonchev–Trinajstić information content (AvgIpc) is 2.25. The summed E-state index contributed by atoms with van der Waals surface area (Å²) < 4.78 is 13.1. The summed E-state index contributed by atoms with van der Waals surface area (Å²) in [6, 6.07) is 1.19. The normalized spacial score (nSPS) is 14.6. The van der Waals surface area contributed by atoms with Crippen LogP contribution in [-0.2, 0) is 10.3 Å². The van der Waals surface area contributed by atoms with Crippen LogP contribution in [0.25, 0.3) is 0 Å². The third-order valence-electron chi connectivity index (χ3n) is 2.57. The van der Waals surface area contributed by atoms with E-state index >= 15 is 0 Å². The van der Waals surface area contributed by atoms with Crippen LogP contribution in [0.2, 0.25) is 0 Å². The number of pyridine rings is 1. The summed E-state index contributed by atoms with van der Waals surface area (Å²) in [5.41, 5.74) is -1.01. The number of hydrogen-bond acceptors (Lipinski definition) is 3. The van der Waals surface area contributed by atoms with Crippen LogP contribution in [0, 0.1) is 11.7 Å². The predicted octanol–water partition coefficient (Wildman–Crippen LogP) is 1.77. The lowest BCUT2D eigenvalue weighted by molar-refractivity contribution is -0.144. The maximum absolute atomic E-state index is 13.1. The van der Waals surface area contributed by atoms with Crippen LogP contribution in [0.5, 0.6) is 0 Å². The average molecular weight is 240 g/mol. The molecule has 0 saturated heterocycles. The molecule has 1 rings (SSSR count). The fourth-order valence-electron chi connectivity index (χ4n) is 1.39. The maximum Gasteiger partial charge on any atom is 0.328 e. The fourth-order valence-corrected chi connectivity index (χ4v) is 1.39. The first-order valence-electron chi connectivity index (χ1n) is 5.45. The molecular formula is C12H17FN2O2. The predicted molar refractivity (Wildman–Crippen MR) is 62.0 cm³/mol. The Bertz CT molecular complexity index is 409. The van der Waals surface area contributed by atoms with Gasteiger partial charge >= 0.3 is 5.97 Å². The zero-order valence-electron chi connectivity index (χ0n) is 10.2. The molecule has 0 amide bonds. The van der Waals surface area contributed by atoms with E-state index in [0.717, 1.165) is 6.20 Å². The summed E-state index contributed by atoms with van der Waals surface area (Å²) in [7, 11) is 0. The number of carboxylic acid groups (broad SMARTS) is 1. The van der Waals surface area contributed by atoms with Gasteiger partial charge in [0.15, 0.2) is 0 Å². The van der Waals surface area contributed by atoms with Gasteiger partial charge in [0.2, 0.25) is 0 Å². The van der Waals surface area contributed by atoms with Crippen molar-refractivity contribution in [1.29, 1.82) is 0 Å². The minimum atomic E-state index is -1.32. The van der Waals surface area contributed by atoms with Gasteiger partial charge in [-0.25, -0.2) is 9.18 Å². The van der Waals surface area contributed by atoms with Crippen molar-refractivity contribution in [2.75, 3.05) is 6.54 Å². The monoisotopic (exact) mass is 240 g/mol. The molecule has 17 heavy (non-hydrogen) atoms. The van der Waals surface area contributed by atoms with E-state index in [-0.39, 0.29) is 0 Å². The van der Waals surface area contributed by atoms with E-state index in [4.69, 9.17) is 0 Å². The molecule has 5 heteroatoms. The van der Waals surface area contributed by atoms with Crippen molar-refractivity contribution >= 4 is 5.97 Å². The molecule has 0 spiro atoms. The van der Waals surface area contributed by atoms with Crippen LogP contribution >= 0.6 is 0 Å². The molecule has 0 aliphatic rings. The van der Waals surface area contributed by atoms with Gasteiger partial charge in [0, 0.05) is 11.8 Å². The molecule has 0 fully saturated rings. The Labute approximate surface area is 99.9 Å². The molecule has 1 heterocycles. The van der Waals surface area contributed by atoms with Gasteiger partial charge in [0.05, 0.1) is 6.20 Å². The van der Waals surface area contributed by atoms with Crippen molar-refractivity contribution in [1.82, 2.24) is 10.3 Å². The number of halogens is 1. The van der Waals surface area contributed by atoms with E-state index in [2.05, 4.69) is 10.3 Å². The molecule has 0 aliphatic heterocycles. The molecule has 94 valence electrons. The smallest absolute Gasteiger partial charge is 0.328 e. The molecule has 0 saturated carbocycles. The van der Waals surface area contributed by atoms with Crippen molar-refractivity contribution in [2.24, 2.45) is 5.92 Å². The fraction of sp³-hybridized carbons (Fsp3) is 0.500. The van der Waals surface area contributed by atoms with Crippen LogP contribution in [0.3, 0.4) is 0 Å². The molecule has 4 nitrogen and oxygen atoms in total. The van der Waals surface area contributed by atoms with Gasteiger partial charge in [-0.3, -0.25) is 10.3 Å². The third-order valence-corrected chi connectivity index (χ3v) is 2.57. The molecule has 0 bridgehead atoms. The molecule has 0 aliphatic carbocycles. The first-order valence-corrected chi connectivity index (χ1v) is 5.45. The molecule has 1 atom stereocenters. The third kappa shape index (κ3) is 3.23. The Morgan fingerprint density at radius 2 is 2.24 bits per heavy atom. The molecule has 0 radical (unpaired) electrons. The summed E-state index contributed by atoms with van der Waals surface area (Å²) in [6.07, 6.45) is 2.42. The second-order valence-corrected chi connectivity index (χ2v) is 4.60. The topological polar surface area (TPSA) is 62.2 Å². The standard InChI is InChI=1S/C12H17FN2O2/c1-8(2)5-15-12(3,11(16)17)9-4-10(13)7-14-6-9/h4,6-8,15H,5H2,1-3H3,(H,16,17). The van der Waals surface area contributed by atoms with E-state index < -0.39 is 17.3 Å². The van der Waals surface area contributed by atoms with Gasteiger partial charge in [-0.1, -0.05) is 13.8 Å². The van der Waals surface area contributed by atoms with Crippen molar-refractivity contribution < 1.29 is 14.3 Å². The molecular weight excluding hydrogens is 223 g/mol. The summed E-state index contributed by atoms with van der Waals surface area (Å²) in [5.74, 6) is -1.29. The summed E-state index contributed by atoms with van der Waals surface area (Å²) >= 11 is 0. The number of aliphatic carboxylic acids is 1. The zero-order valence-corrected chi connectivity index (χ0v) is 10.2. The van der Waals surface area contributed by atoms with Crippen molar-refractivity contribution in [2.45, 2.75) is 26.3 Å². The Hall–Kier alpha value is -1.49. The highest BCUT2D eigenvalue weighted by molar-refractivity contribution is 5.80. The molecule has 1 unspecified atom stereocenters. The van der Waals surface area contributed by atoms with Gasteiger partial charge in [0.1, 0.15) is 11.4 Å². The van der Waals surface area contributed by atoms with E-state index in [1.54, 1.807) is 0 Å². The highest BCUT2D eigenvalue weighted by Crippen LogP contribution is 2.21. The first kappa shape index (κ1) is 13.6. The number of aromatic nitrogens is 1. The number of carboxylic acids is 1. The van der Waals surface area contributed by atoms with E-state index in [1.165, 1.54) is 19.2 Å².